The number of sulfonamides is 2. The van der Waals surface area contributed by atoms with Crippen molar-refractivity contribution in [2.24, 2.45) is 0 Å². The summed E-state index contributed by atoms with van der Waals surface area (Å²) in [5.74, 6) is 0.154. The molecule has 3 aromatic rings. The highest BCUT2D eigenvalue weighted by Gasteiger charge is 2.31. The second-order valence-corrected chi connectivity index (χ2v) is 12.3. The smallest absolute Gasteiger partial charge is 0.207 e. The Hall–Kier alpha value is -2.52. The summed E-state index contributed by atoms with van der Waals surface area (Å²) < 4.78 is 55.2. The van der Waals surface area contributed by atoms with E-state index in [1.165, 1.54) is 39.9 Å². The van der Waals surface area contributed by atoms with Crippen LogP contribution in [0.15, 0.2) is 94.7 Å². The maximum absolute atomic E-state index is 13.3. The first-order chi connectivity index (χ1) is 15.8. The van der Waals surface area contributed by atoms with Crippen LogP contribution in [0.3, 0.4) is 0 Å². The van der Waals surface area contributed by atoms with E-state index in [0.29, 0.717) is 13.1 Å². The van der Waals surface area contributed by atoms with Crippen LogP contribution in [0.5, 0.6) is 0 Å². The molecule has 3 aromatic carbocycles. The van der Waals surface area contributed by atoms with Gasteiger partial charge in [0.1, 0.15) is 0 Å². The van der Waals surface area contributed by atoms with Crippen LogP contribution in [0.1, 0.15) is 29.9 Å². The van der Waals surface area contributed by atoms with Crippen LogP contribution in [-0.2, 0) is 26.6 Å². The van der Waals surface area contributed by atoms with E-state index in [1.54, 1.807) is 0 Å². The van der Waals surface area contributed by atoms with Gasteiger partial charge in [0, 0.05) is 26.7 Å². The van der Waals surface area contributed by atoms with Crippen molar-refractivity contribution in [1.29, 1.82) is 0 Å². The van der Waals surface area contributed by atoms with Crippen molar-refractivity contribution in [1.82, 2.24) is 8.61 Å². The van der Waals surface area contributed by atoms with Crippen LogP contribution in [-0.4, -0.2) is 45.6 Å². The molecule has 1 saturated heterocycles. The van der Waals surface area contributed by atoms with E-state index in [4.69, 9.17) is 0 Å². The zero-order valence-corrected chi connectivity index (χ0v) is 20.2. The molecule has 1 heterocycles. The molecule has 0 amide bonds. The zero-order chi connectivity index (χ0) is 23.5. The maximum atomic E-state index is 13.3. The predicted octanol–water partition coefficient (Wildman–Crippen LogP) is 4.08. The van der Waals surface area contributed by atoms with Crippen LogP contribution in [0, 0.1) is 0 Å². The van der Waals surface area contributed by atoms with E-state index >= 15 is 0 Å². The molecule has 1 atom stereocenters. The molecule has 174 valence electrons. The second-order valence-electron chi connectivity index (χ2n) is 8.33. The van der Waals surface area contributed by atoms with Crippen molar-refractivity contribution in [3.8, 4) is 0 Å². The monoisotopic (exact) mass is 484 g/mol. The Morgan fingerprint density at radius 3 is 2.03 bits per heavy atom. The van der Waals surface area contributed by atoms with Gasteiger partial charge < -0.3 is 0 Å². The summed E-state index contributed by atoms with van der Waals surface area (Å²) in [5.41, 5.74) is 2.01. The van der Waals surface area contributed by atoms with Crippen LogP contribution in [0.4, 0.5) is 0 Å². The van der Waals surface area contributed by atoms with Crippen molar-refractivity contribution < 1.29 is 16.8 Å². The van der Waals surface area contributed by atoms with Crippen LogP contribution in [0.25, 0.3) is 0 Å². The first-order valence-electron chi connectivity index (χ1n) is 10.9. The molecule has 4 rings (SSSR count). The van der Waals surface area contributed by atoms with E-state index in [2.05, 4.69) is 0 Å². The SMILES string of the molecule is CN(Cc1ccccc1)S(=O)(=O)c1ccc(S(=O)(=O)N2CCCC(c3ccccc3)C2)cc1. The average molecular weight is 485 g/mol. The van der Waals surface area contributed by atoms with E-state index in [0.717, 1.165) is 24.0 Å². The Labute approximate surface area is 196 Å². The summed E-state index contributed by atoms with van der Waals surface area (Å²) >= 11 is 0. The van der Waals surface area contributed by atoms with Crippen LogP contribution < -0.4 is 0 Å². The lowest BCUT2D eigenvalue weighted by Gasteiger charge is -2.32. The molecule has 1 fully saturated rings. The van der Waals surface area contributed by atoms with E-state index < -0.39 is 20.0 Å². The van der Waals surface area contributed by atoms with Gasteiger partial charge in [-0.05, 0) is 54.2 Å². The largest absolute Gasteiger partial charge is 0.243 e. The van der Waals surface area contributed by atoms with Gasteiger partial charge in [0.05, 0.1) is 9.79 Å². The number of hydrogen-bond acceptors (Lipinski definition) is 4. The number of benzene rings is 3. The average Bonchev–Trinajstić information content (AvgIpc) is 2.85. The fourth-order valence-electron chi connectivity index (χ4n) is 4.20. The van der Waals surface area contributed by atoms with Crippen molar-refractivity contribution in [3.63, 3.8) is 0 Å². The van der Waals surface area contributed by atoms with Gasteiger partial charge in [-0.3, -0.25) is 0 Å². The first-order valence-corrected chi connectivity index (χ1v) is 13.8. The normalized spacial score (nSPS) is 17.8. The Balaban J connectivity index is 1.51. The summed E-state index contributed by atoms with van der Waals surface area (Å²) in [5, 5.41) is 0. The Morgan fingerprint density at radius 1 is 0.818 bits per heavy atom. The predicted molar refractivity (Wildman–Crippen MR) is 129 cm³/mol. The van der Waals surface area contributed by atoms with Gasteiger partial charge in [-0.15, -0.1) is 0 Å². The molecule has 0 spiro atoms. The van der Waals surface area contributed by atoms with E-state index in [1.807, 2.05) is 60.7 Å². The molecule has 6 nitrogen and oxygen atoms in total. The van der Waals surface area contributed by atoms with Gasteiger partial charge in [0.25, 0.3) is 0 Å². The molecule has 0 saturated carbocycles. The first kappa shape index (κ1) is 23.6. The number of nitrogens with zero attached hydrogens (tertiary/aromatic N) is 2. The zero-order valence-electron chi connectivity index (χ0n) is 18.5. The summed E-state index contributed by atoms with van der Waals surface area (Å²) in [4.78, 5) is 0.182. The van der Waals surface area contributed by atoms with Crippen molar-refractivity contribution >= 4 is 20.0 Å². The molecular formula is C25H28N2O4S2. The van der Waals surface area contributed by atoms with Gasteiger partial charge in [0.2, 0.25) is 20.0 Å². The van der Waals surface area contributed by atoms with Gasteiger partial charge >= 0.3 is 0 Å². The number of hydrogen-bond donors (Lipinski definition) is 0. The Kier molecular flexibility index (Phi) is 6.99. The lowest BCUT2D eigenvalue weighted by molar-refractivity contribution is 0.315. The van der Waals surface area contributed by atoms with Crippen molar-refractivity contribution in [3.05, 3.63) is 96.1 Å². The fraction of sp³-hybridized carbons (Fsp3) is 0.280. The molecule has 0 aliphatic carbocycles. The molecule has 1 unspecified atom stereocenters. The van der Waals surface area contributed by atoms with E-state index in [9.17, 15) is 16.8 Å². The molecule has 0 bridgehead atoms. The molecule has 1 aliphatic rings. The van der Waals surface area contributed by atoms with Gasteiger partial charge in [0.15, 0.2) is 0 Å². The fourth-order valence-corrected chi connectivity index (χ4v) is 6.88. The molecule has 8 heteroatoms. The minimum Gasteiger partial charge on any atom is -0.207 e. The summed E-state index contributed by atoms with van der Waals surface area (Å²) in [6, 6.07) is 24.8. The molecular weight excluding hydrogens is 456 g/mol. The minimum absolute atomic E-state index is 0.0701. The second kappa shape index (κ2) is 9.77. The highest BCUT2D eigenvalue weighted by atomic mass is 32.2. The van der Waals surface area contributed by atoms with Gasteiger partial charge in [-0.2, -0.15) is 8.61 Å². The van der Waals surface area contributed by atoms with Crippen molar-refractivity contribution in [2.75, 3.05) is 20.1 Å². The maximum Gasteiger partial charge on any atom is 0.243 e. The third-order valence-electron chi connectivity index (χ3n) is 6.07. The standard InChI is InChI=1S/C25H28N2O4S2/c1-26(19-21-9-4-2-5-10-21)32(28,29)24-14-16-25(17-15-24)33(30,31)27-18-8-13-23(20-27)22-11-6-3-7-12-22/h2-7,9-12,14-17,23H,8,13,18-20H2,1H3. The third-order valence-corrected chi connectivity index (χ3v) is 9.77. The quantitative estimate of drug-likeness (QED) is 0.507. The highest BCUT2D eigenvalue weighted by Crippen LogP contribution is 2.30. The summed E-state index contributed by atoms with van der Waals surface area (Å²) in [6.07, 6.45) is 1.73. The molecule has 0 aromatic heterocycles. The summed E-state index contributed by atoms with van der Waals surface area (Å²) in [7, 11) is -5.93. The van der Waals surface area contributed by atoms with E-state index in [-0.39, 0.29) is 22.3 Å². The van der Waals surface area contributed by atoms with Gasteiger partial charge in [-0.25, -0.2) is 16.8 Å². The van der Waals surface area contributed by atoms with Crippen LogP contribution >= 0.6 is 0 Å². The lowest BCUT2D eigenvalue weighted by Crippen LogP contribution is -2.39. The molecule has 0 N–H and O–H groups in total. The molecule has 1 aliphatic heterocycles. The Bertz CT molecular complexity index is 1280. The lowest BCUT2D eigenvalue weighted by atomic mass is 9.92. The molecule has 0 radical (unpaired) electrons. The van der Waals surface area contributed by atoms with Crippen molar-refractivity contribution in [2.45, 2.75) is 35.1 Å². The minimum atomic E-state index is -3.74. The number of piperidine rings is 1. The molecule has 33 heavy (non-hydrogen) atoms. The van der Waals surface area contributed by atoms with Gasteiger partial charge in [-0.1, -0.05) is 60.7 Å². The third kappa shape index (κ3) is 5.19. The summed E-state index contributed by atoms with van der Waals surface area (Å²) in [6.45, 7) is 1.12. The topological polar surface area (TPSA) is 74.8 Å². The highest BCUT2D eigenvalue weighted by molar-refractivity contribution is 7.89. The number of rotatable bonds is 7. The van der Waals surface area contributed by atoms with Crippen LogP contribution in [0.2, 0.25) is 0 Å². The Morgan fingerprint density at radius 2 is 1.39 bits per heavy atom.